The first kappa shape index (κ1) is 41.0. The molecule has 1 saturated heterocycles. The van der Waals surface area contributed by atoms with Crippen LogP contribution in [0.4, 0.5) is 4.79 Å². The van der Waals surface area contributed by atoms with Crippen molar-refractivity contribution in [2.24, 2.45) is 11.8 Å². The molecule has 0 aromatic heterocycles. The maximum absolute atomic E-state index is 14.2. The zero-order valence-corrected chi connectivity index (χ0v) is 31.6. The Labute approximate surface area is 313 Å². The van der Waals surface area contributed by atoms with Crippen molar-refractivity contribution < 1.29 is 33.8 Å². The highest BCUT2D eigenvalue weighted by Gasteiger charge is 2.35. The Morgan fingerprint density at radius 1 is 0.736 bits per heavy atom. The fourth-order valence-electron chi connectivity index (χ4n) is 6.37. The summed E-state index contributed by atoms with van der Waals surface area (Å²) in [5, 5.41) is 20.5. The Morgan fingerprint density at radius 2 is 1.25 bits per heavy atom. The quantitative estimate of drug-likeness (QED) is 0.171. The van der Waals surface area contributed by atoms with Crippen LogP contribution in [0.1, 0.15) is 57.7 Å². The second-order valence-electron chi connectivity index (χ2n) is 15.1. The first-order chi connectivity index (χ1) is 25.3. The molecule has 11 heteroatoms. The van der Waals surface area contributed by atoms with Gasteiger partial charge in [0.1, 0.15) is 17.7 Å². The predicted octanol–water partition coefficient (Wildman–Crippen LogP) is 4.46. The lowest BCUT2D eigenvalue weighted by Crippen LogP contribution is -2.58. The standard InChI is InChI=1S/C42H56N4O7/c1-29(2)37(39(49)43-35(27-32-19-13-8-14-20-32)40(50)46-21-23-52-24-22-46)45-38(48)33(25-30-15-9-6-10-16-30)28-36(47)34(26-31-17-11-7-12-18-31)44-41(51)53-42(3,4)5/h6-20,29,33-37,47H,21-28H2,1-5H3,(H,43,49)(H,44,51)(H,45,48)/t33-,34+,35+,36?,37+/m1/s1. The molecule has 4 amide bonds. The molecule has 0 aliphatic carbocycles. The minimum atomic E-state index is -1.14. The van der Waals surface area contributed by atoms with E-state index >= 15 is 0 Å². The third-order valence-corrected chi connectivity index (χ3v) is 9.15. The van der Waals surface area contributed by atoms with Crippen molar-refractivity contribution in [2.45, 2.75) is 90.1 Å². The van der Waals surface area contributed by atoms with Gasteiger partial charge in [0.2, 0.25) is 17.7 Å². The van der Waals surface area contributed by atoms with E-state index in [1.807, 2.05) is 105 Å². The molecule has 11 nitrogen and oxygen atoms in total. The minimum Gasteiger partial charge on any atom is -0.444 e. The molecule has 0 saturated carbocycles. The second kappa shape index (κ2) is 19.9. The number of carbonyl (C=O) groups is 4. The summed E-state index contributed by atoms with van der Waals surface area (Å²) in [5.74, 6) is -2.18. The van der Waals surface area contributed by atoms with E-state index in [0.29, 0.717) is 32.7 Å². The van der Waals surface area contributed by atoms with Gasteiger partial charge in [-0.1, -0.05) is 105 Å². The number of carbonyl (C=O) groups excluding carboxylic acids is 4. The lowest BCUT2D eigenvalue weighted by Gasteiger charge is -2.32. The lowest BCUT2D eigenvalue weighted by molar-refractivity contribution is -0.141. The summed E-state index contributed by atoms with van der Waals surface area (Å²) in [6, 6.07) is 25.8. The number of nitrogens with zero attached hydrogens (tertiary/aromatic N) is 1. The third-order valence-electron chi connectivity index (χ3n) is 9.15. The number of aliphatic hydroxyl groups is 1. The number of morpholine rings is 1. The Morgan fingerprint density at radius 3 is 1.75 bits per heavy atom. The molecule has 1 aliphatic rings. The van der Waals surface area contributed by atoms with E-state index in [2.05, 4.69) is 16.0 Å². The zero-order valence-electron chi connectivity index (χ0n) is 31.6. The van der Waals surface area contributed by atoms with Crippen LogP contribution in [0.5, 0.6) is 0 Å². The van der Waals surface area contributed by atoms with Crippen LogP contribution in [0.3, 0.4) is 0 Å². The number of rotatable bonds is 16. The van der Waals surface area contributed by atoms with Crippen LogP contribution in [0, 0.1) is 11.8 Å². The van der Waals surface area contributed by atoms with Crippen molar-refractivity contribution in [3.63, 3.8) is 0 Å². The normalized spacial score (nSPS) is 16.1. The predicted molar refractivity (Wildman–Crippen MR) is 204 cm³/mol. The highest BCUT2D eigenvalue weighted by atomic mass is 16.6. The Bertz CT molecular complexity index is 1590. The fraction of sp³-hybridized carbons (Fsp3) is 0.476. The van der Waals surface area contributed by atoms with Crippen molar-refractivity contribution in [3.8, 4) is 0 Å². The van der Waals surface area contributed by atoms with Gasteiger partial charge in [-0.3, -0.25) is 14.4 Å². The molecule has 0 radical (unpaired) electrons. The van der Waals surface area contributed by atoms with E-state index in [0.717, 1.165) is 16.7 Å². The van der Waals surface area contributed by atoms with E-state index in [9.17, 15) is 24.3 Å². The van der Waals surface area contributed by atoms with Gasteiger partial charge in [0.05, 0.1) is 25.4 Å². The number of aliphatic hydroxyl groups excluding tert-OH is 1. The molecule has 4 N–H and O–H groups in total. The zero-order chi connectivity index (χ0) is 38.4. The van der Waals surface area contributed by atoms with Crippen molar-refractivity contribution in [1.29, 1.82) is 0 Å². The SMILES string of the molecule is CC(C)[C@H](NC(=O)[C@H](Cc1ccccc1)CC(O)[C@H](Cc1ccccc1)NC(=O)OC(C)(C)C)C(=O)N[C@@H](Cc1ccccc1)C(=O)N1CCOCC1. The van der Waals surface area contributed by atoms with Gasteiger partial charge in [-0.15, -0.1) is 0 Å². The van der Waals surface area contributed by atoms with Crippen LogP contribution in [-0.2, 0) is 43.1 Å². The first-order valence-electron chi connectivity index (χ1n) is 18.6. The molecule has 1 heterocycles. The van der Waals surface area contributed by atoms with Crippen molar-refractivity contribution >= 4 is 23.8 Å². The average molecular weight is 729 g/mol. The number of amides is 4. The van der Waals surface area contributed by atoms with Gasteiger partial charge in [-0.05, 0) is 62.6 Å². The minimum absolute atomic E-state index is 0.00733. The second-order valence-corrected chi connectivity index (χ2v) is 15.1. The van der Waals surface area contributed by atoms with Gasteiger partial charge in [-0.25, -0.2) is 4.79 Å². The first-order valence-corrected chi connectivity index (χ1v) is 18.6. The molecule has 0 bridgehead atoms. The highest BCUT2D eigenvalue weighted by Crippen LogP contribution is 2.21. The van der Waals surface area contributed by atoms with E-state index in [1.165, 1.54) is 0 Å². The van der Waals surface area contributed by atoms with E-state index < -0.39 is 53.7 Å². The van der Waals surface area contributed by atoms with Gasteiger partial charge in [-0.2, -0.15) is 0 Å². The van der Waals surface area contributed by atoms with Crippen molar-refractivity contribution in [3.05, 3.63) is 108 Å². The summed E-state index contributed by atoms with van der Waals surface area (Å²) in [4.78, 5) is 56.6. The summed E-state index contributed by atoms with van der Waals surface area (Å²) in [7, 11) is 0. The maximum Gasteiger partial charge on any atom is 0.407 e. The summed E-state index contributed by atoms with van der Waals surface area (Å²) in [6.45, 7) is 10.7. The molecule has 0 spiro atoms. The van der Waals surface area contributed by atoms with Gasteiger partial charge in [0.25, 0.3) is 0 Å². The Hall–Kier alpha value is -4.74. The smallest absolute Gasteiger partial charge is 0.407 e. The number of hydrogen-bond donors (Lipinski definition) is 4. The number of nitrogens with one attached hydrogen (secondary N) is 3. The van der Waals surface area contributed by atoms with Crippen LogP contribution in [0.15, 0.2) is 91.0 Å². The van der Waals surface area contributed by atoms with E-state index in [1.54, 1.807) is 25.7 Å². The molecule has 53 heavy (non-hydrogen) atoms. The van der Waals surface area contributed by atoms with Crippen LogP contribution in [-0.4, -0.2) is 90.0 Å². The summed E-state index contributed by atoms with van der Waals surface area (Å²) in [6.07, 6.45) is -0.945. The molecule has 1 aliphatic heterocycles. The molecule has 286 valence electrons. The van der Waals surface area contributed by atoms with Crippen molar-refractivity contribution in [1.82, 2.24) is 20.9 Å². The molecule has 3 aromatic carbocycles. The van der Waals surface area contributed by atoms with Gasteiger partial charge in [0, 0.05) is 25.4 Å². The molecular formula is C42H56N4O7. The summed E-state index contributed by atoms with van der Waals surface area (Å²) < 4.78 is 11.0. The average Bonchev–Trinajstić information content (AvgIpc) is 3.13. The monoisotopic (exact) mass is 728 g/mol. The van der Waals surface area contributed by atoms with Gasteiger partial charge >= 0.3 is 6.09 Å². The van der Waals surface area contributed by atoms with Crippen LogP contribution in [0.25, 0.3) is 0 Å². The largest absolute Gasteiger partial charge is 0.444 e. The number of benzene rings is 3. The Kier molecular flexibility index (Phi) is 15.4. The number of alkyl carbamates (subject to hydrolysis) is 1. The van der Waals surface area contributed by atoms with Crippen LogP contribution >= 0.6 is 0 Å². The Balaban J connectivity index is 1.55. The highest BCUT2D eigenvalue weighted by molar-refractivity contribution is 5.93. The molecule has 3 aromatic rings. The summed E-state index contributed by atoms with van der Waals surface area (Å²) in [5.41, 5.74) is 1.92. The summed E-state index contributed by atoms with van der Waals surface area (Å²) >= 11 is 0. The molecule has 4 rings (SSSR count). The van der Waals surface area contributed by atoms with E-state index in [-0.39, 0.29) is 31.1 Å². The third kappa shape index (κ3) is 13.6. The molecular weight excluding hydrogens is 672 g/mol. The lowest BCUT2D eigenvalue weighted by atomic mass is 9.88. The topological polar surface area (TPSA) is 146 Å². The number of hydrogen-bond acceptors (Lipinski definition) is 7. The maximum atomic E-state index is 14.2. The fourth-order valence-corrected chi connectivity index (χ4v) is 6.37. The van der Waals surface area contributed by atoms with Gasteiger partial charge < -0.3 is 35.4 Å². The van der Waals surface area contributed by atoms with Gasteiger partial charge in [0.15, 0.2) is 0 Å². The van der Waals surface area contributed by atoms with E-state index in [4.69, 9.17) is 9.47 Å². The molecule has 1 unspecified atom stereocenters. The molecule has 1 fully saturated rings. The van der Waals surface area contributed by atoms with Crippen LogP contribution in [0.2, 0.25) is 0 Å². The van der Waals surface area contributed by atoms with Crippen molar-refractivity contribution in [2.75, 3.05) is 26.3 Å². The molecule has 5 atom stereocenters. The van der Waals surface area contributed by atoms with Crippen LogP contribution < -0.4 is 16.0 Å². The number of ether oxygens (including phenoxy) is 2.